The van der Waals surface area contributed by atoms with Gasteiger partial charge in [0.2, 0.25) is 0 Å². The third-order valence-corrected chi connectivity index (χ3v) is 18.6. The van der Waals surface area contributed by atoms with Gasteiger partial charge in [0.05, 0.1) is 31.5 Å². The first-order valence-corrected chi connectivity index (χ1v) is 24.5. The summed E-state index contributed by atoms with van der Waals surface area (Å²) in [6.45, 7) is 16.5. The minimum absolute atomic E-state index is 0.0335. The molecule has 4 heterocycles. The summed E-state index contributed by atoms with van der Waals surface area (Å²) in [5.41, 5.74) is 2.52. The Labute approximate surface area is 389 Å². The zero-order valence-corrected chi connectivity index (χ0v) is 40.2. The molecular formula is C49H80O17. The molecule has 4 aliphatic heterocycles. The summed E-state index contributed by atoms with van der Waals surface area (Å²) in [4.78, 5) is 0. The predicted molar refractivity (Wildman–Crippen MR) is 235 cm³/mol. The SMILES string of the molecule is CO[C@@H]1O[C@H](C=C(C)C)C[C@H]1C1CC[C@]2(C)C3=CCC4C(C)(C)[C@@H](O[C@@H]5O[C@H](CO)[C@@H](O)[C@H](O)[C@H]5O[C@@H]5O[C@H](CO[C@@H]6O[C@@H](C)[C@H](O)[C@@H](O)[C@H]6O)[C@@H](O)[C@H](O)[C@H]5O)CC[C@]4(C)C3CC[C@@]12C. The van der Waals surface area contributed by atoms with Crippen molar-refractivity contribution in [1.29, 1.82) is 0 Å². The van der Waals surface area contributed by atoms with Crippen LogP contribution in [0.25, 0.3) is 0 Å². The van der Waals surface area contributed by atoms with Gasteiger partial charge in [-0.25, -0.2) is 0 Å². The molecule has 17 nitrogen and oxygen atoms in total. The Balaban J connectivity index is 0.984. The van der Waals surface area contributed by atoms with E-state index in [4.69, 9.17) is 37.9 Å². The van der Waals surface area contributed by atoms with Crippen molar-refractivity contribution in [2.45, 2.75) is 217 Å². The smallest absolute Gasteiger partial charge is 0.187 e. The van der Waals surface area contributed by atoms with Crippen molar-refractivity contribution in [2.24, 2.45) is 45.3 Å². The summed E-state index contributed by atoms with van der Waals surface area (Å²) >= 11 is 0. The zero-order chi connectivity index (χ0) is 48.0. The molecule has 0 spiro atoms. The fraction of sp³-hybridized carbons (Fsp3) is 0.918. The van der Waals surface area contributed by atoms with Crippen molar-refractivity contribution >= 4 is 0 Å². The standard InChI is InChI=1S/C49H80O17/c1-22(2)18-24-19-25(42(59-9)62-24)26-12-16-49(8)28-10-11-31-46(4,5)32(14-15-47(31,6)27(28)13-17-48(26,49)7)65-45-41(38(56)34(52)29(20-50)63-45)66-44-40(58)37(55)35(53)30(64-44)21-60-43-39(57)36(54)33(51)23(3)61-43/h10,18,23-27,29-45,50-58H,11-17,19-21H2,1-9H3/t23-,24+,25-,26?,27?,29+,30+,31?,32-,33-,34+,35+,36+,37-,38-,39+,40+,41+,42+,43+,44-,45-,47+,48-,49+/m0/s1. The normalized spacial score (nSPS) is 53.6. The van der Waals surface area contributed by atoms with Crippen LogP contribution in [-0.4, -0.2) is 177 Å². The lowest BCUT2D eigenvalue weighted by molar-refractivity contribution is -0.380. The first-order valence-electron chi connectivity index (χ1n) is 24.5. The lowest BCUT2D eigenvalue weighted by Gasteiger charge is -2.65. The largest absolute Gasteiger partial charge is 0.394 e. The Hall–Kier alpha value is -1.20. The molecule has 3 unspecified atom stereocenters. The van der Waals surface area contributed by atoms with Gasteiger partial charge in [0, 0.05) is 13.0 Å². The lowest BCUT2D eigenvalue weighted by atomic mass is 9.41. The van der Waals surface area contributed by atoms with Crippen LogP contribution in [0.4, 0.5) is 0 Å². The molecule has 66 heavy (non-hydrogen) atoms. The molecule has 0 radical (unpaired) electrons. The summed E-state index contributed by atoms with van der Waals surface area (Å²) < 4.78 is 48.7. The maximum atomic E-state index is 11.6. The monoisotopic (exact) mass is 941 g/mol. The first-order chi connectivity index (χ1) is 31.0. The lowest BCUT2D eigenvalue weighted by Crippen LogP contribution is -2.66. The number of ether oxygens (including phenoxy) is 8. The summed E-state index contributed by atoms with van der Waals surface area (Å²) in [6.07, 6.45) is -10.8. The summed E-state index contributed by atoms with van der Waals surface area (Å²) in [5.74, 6) is 1.40. The van der Waals surface area contributed by atoms with E-state index in [0.717, 1.165) is 44.9 Å². The van der Waals surface area contributed by atoms with Crippen LogP contribution < -0.4 is 0 Å². The molecule has 17 heteroatoms. The first kappa shape index (κ1) is 51.2. The van der Waals surface area contributed by atoms with Crippen LogP contribution in [0.5, 0.6) is 0 Å². The van der Waals surface area contributed by atoms with Gasteiger partial charge in [0.1, 0.15) is 67.1 Å². The van der Waals surface area contributed by atoms with Crippen molar-refractivity contribution in [3.63, 3.8) is 0 Å². The van der Waals surface area contributed by atoms with Gasteiger partial charge in [-0.15, -0.1) is 0 Å². The Kier molecular flexibility index (Phi) is 14.8. The Bertz CT molecular complexity index is 1760. The number of hydrogen-bond donors (Lipinski definition) is 9. The number of hydrogen-bond acceptors (Lipinski definition) is 17. The van der Waals surface area contributed by atoms with Gasteiger partial charge in [0.15, 0.2) is 25.2 Å². The Morgan fingerprint density at radius 3 is 2.06 bits per heavy atom. The maximum absolute atomic E-state index is 11.6. The fourth-order valence-electron chi connectivity index (χ4n) is 14.6. The number of allylic oxidation sites excluding steroid dienone is 3. The second kappa shape index (κ2) is 19.1. The van der Waals surface area contributed by atoms with E-state index >= 15 is 0 Å². The quantitative estimate of drug-likeness (QED) is 0.134. The highest BCUT2D eigenvalue weighted by Crippen LogP contribution is 2.74. The van der Waals surface area contributed by atoms with Crippen LogP contribution in [0, 0.1) is 45.3 Å². The van der Waals surface area contributed by atoms with Crippen molar-refractivity contribution in [1.82, 2.24) is 0 Å². The van der Waals surface area contributed by atoms with Crippen LogP contribution >= 0.6 is 0 Å². The summed E-state index contributed by atoms with van der Waals surface area (Å²) in [6, 6.07) is 0. The van der Waals surface area contributed by atoms with E-state index in [-0.39, 0.29) is 34.6 Å². The van der Waals surface area contributed by atoms with Gasteiger partial charge < -0.3 is 83.9 Å². The van der Waals surface area contributed by atoms with Gasteiger partial charge >= 0.3 is 0 Å². The number of rotatable bonds is 11. The van der Waals surface area contributed by atoms with Crippen molar-refractivity contribution in [2.75, 3.05) is 20.3 Å². The molecule has 0 bridgehead atoms. The molecule has 8 aliphatic rings. The van der Waals surface area contributed by atoms with Crippen LogP contribution in [0.1, 0.15) is 107 Å². The Morgan fingerprint density at radius 2 is 1.38 bits per heavy atom. The molecule has 0 aromatic rings. The highest BCUT2D eigenvalue weighted by Gasteiger charge is 2.67. The molecule has 25 atom stereocenters. The average Bonchev–Trinajstić information content (AvgIpc) is 3.80. The molecule has 9 N–H and O–H groups in total. The molecule has 4 saturated heterocycles. The molecule has 0 aromatic heterocycles. The van der Waals surface area contributed by atoms with Crippen LogP contribution in [0.15, 0.2) is 23.3 Å². The maximum Gasteiger partial charge on any atom is 0.187 e. The third kappa shape index (κ3) is 8.52. The van der Waals surface area contributed by atoms with E-state index in [2.05, 4.69) is 60.6 Å². The molecule has 0 amide bonds. The van der Waals surface area contributed by atoms with Gasteiger partial charge in [-0.05, 0) is 112 Å². The average molecular weight is 941 g/mol. The van der Waals surface area contributed by atoms with E-state index in [1.54, 1.807) is 12.7 Å². The van der Waals surface area contributed by atoms with Crippen LogP contribution in [-0.2, 0) is 37.9 Å². The summed E-state index contributed by atoms with van der Waals surface area (Å²) in [7, 11) is 1.77. The minimum Gasteiger partial charge on any atom is -0.394 e. The van der Waals surface area contributed by atoms with Gasteiger partial charge in [-0.1, -0.05) is 57.9 Å². The van der Waals surface area contributed by atoms with Crippen LogP contribution in [0.2, 0.25) is 0 Å². The number of methoxy groups -OCH3 is 1. The van der Waals surface area contributed by atoms with Crippen molar-refractivity contribution in [3.05, 3.63) is 23.3 Å². The zero-order valence-electron chi connectivity index (χ0n) is 40.2. The topological polar surface area (TPSA) is 256 Å². The molecule has 3 saturated carbocycles. The van der Waals surface area contributed by atoms with Gasteiger partial charge in [-0.3, -0.25) is 0 Å². The molecule has 8 rings (SSSR count). The molecule has 0 aromatic carbocycles. The van der Waals surface area contributed by atoms with E-state index in [0.29, 0.717) is 24.2 Å². The molecule has 378 valence electrons. The van der Waals surface area contributed by atoms with Crippen molar-refractivity contribution in [3.8, 4) is 0 Å². The van der Waals surface area contributed by atoms with E-state index < -0.39 is 117 Å². The second-order valence-corrected chi connectivity index (χ2v) is 22.7. The summed E-state index contributed by atoms with van der Waals surface area (Å²) in [5, 5.41) is 96.6. The van der Waals surface area contributed by atoms with E-state index in [1.165, 1.54) is 12.5 Å². The van der Waals surface area contributed by atoms with E-state index in [9.17, 15) is 46.0 Å². The van der Waals surface area contributed by atoms with Gasteiger partial charge in [0.25, 0.3) is 0 Å². The number of fused-ring (bicyclic) bond motifs is 5. The van der Waals surface area contributed by atoms with Crippen LogP contribution in [0.3, 0.4) is 0 Å². The predicted octanol–water partition coefficient (Wildman–Crippen LogP) is 1.80. The molecular weight excluding hydrogens is 861 g/mol. The number of aliphatic hydroxyl groups is 9. The molecule has 7 fully saturated rings. The minimum atomic E-state index is -1.85. The fourth-order valence-corrected chi connectivity index (χ4v) is 14.6. The second-order valence-electron chi connectivity index (χ2n) is 22.7. The van der Waals surface area contributed by atoms with Gasteiger partial charge in [-0.2, -0.15) is 0 Å². The third-order valence-electron chi connectivity index (χ3n) is 18.6. The Morgan fingerprint density at radius 1 is 0.712 bits per heavy atom. The number of aliphatic hydroxyl groups excluding tert-OH is 9. The molecule has 4 aliphatic carbocycles. The van der Waals surface area contributed by atoms with E-state index in [1.807, 2.05) is 0 Å². The highest BCUT2D eigenvalue weighted by molar-refractivity contribution is 5.33. The highest BCUT2D eigenvalue weighted by atomic mass is 16.8. The van der Waals surface area contributed by atoms with Crippen molar-refractivity contribution < 1.29 is 83.9 Å².